The second kappa shape index (κ2) is 5.17. The first-order valence-electron chi connectivity index (χ1n) is 3.46. The van der Waals surface area contributed by atoms with Gasteiger partial charge in [0.2, 0.25) is 0 Å². The molecule has 0 rings (SSSR count). The van der Waals surface area contributed by atoms with Crippen LogP contribution in [0.2, 0.25) is 0 Å². The maximum absolute atomic E-state index is 10.8. The molecule has 0 aromatic heterocycles. The number of nitrogens with two attached hydrogens (primary N) is 1. The van der Waals surface area contributed by atoms with Gasteiger partial charge in [-0.2, -0.15) is 0 Å². The number of ether oxygens (including phenoxy) is 1. The molecule has 0 heterocycles. The van der Waals surface area contributed by atoms with Crippen molar-refractivity contribution in [1.82, 2.24) is 5.32 Å². The minimum atomic E-state index is -0.732. The quantitative estimate of drug-likeness (QED) is 0.591. The molecule has 0 aliphatic heterocycles. The number of primary amides is 1. The van der Waals surface area contributed by atoms with Gasteiger partial charge in [-0.1, -0.05) is 6.58 Å². The molecule has 3 N–H and O–H groups in total. The van der Waals surface area contributed by atoms with Gasteiger partial charge in [0.1, 0.15) is 0 Å². The molecule has 0 aliphatic rings. The van der Waals surface area contributed by atoms with Crippen LogP contribution in [0.3, 0.4) is 0 Å². The van der Waals surface area contributed by atoms with Gasteiger partial charge in [0, 0.05) is 5.70 Å². The van der Waals surface area contributed by atoms with Crippen molar-refractivity contribution in [2.24, 2.45) is 5.73 Å². The molecule has 0 fully saturated rings. The molecule has 0 saturated carbocycles. The van der Waals surface area contributed by atoms with Crippen molar-refractivity contribution in [1.29, 1.82) is 0 Å². The van der Waals surface area contributed by atoms with E-state index < -0.39 is 12.0 Å². The topological polar surface area (TPSA) is 81.4 Å². The number of hydrogen-bond acceptors (Lipinski definition) is 3. The Kier molecular flexibility index (Phi) is 4.52. The van der Waals surface area contributed by atoms with Gasteiger partial charge in [-0.25, -0.2) is 4.79 Å². The summed E-state index contributed by atoms with van der Waals surface area (Å²) in [6, 6.07) is -0.732. The molecule has 5 nitrogen and oxygen atoms in total. The minimum Gasteiger partial charge on any atom is -0.466 e. The van der Waals surface area contributed by atoms with E-state index in [1.165, 1.54) is 0 Å². The van der Waals surface area contributed by atoms with Crippen LogP contribution in [0, 0.1) is 0 Å². The zero-order chi connectivity index (χ0) is 9.56. The number of esters is 1. The van der Waals surface area contributed by atoms with Crippen molar-refractivity contribution in [3.05, 3.63) is 12.3 Å². The molecule has 0 unspecified atom stereocenters. The van der Waals surface area contributed by atoms with Gasteiger partial charge < -0.3 is 15.8 Å². The average Bonchev–Trinajstić information content (AvgIpc) is 1.84. The highest BCUT2D eigenvalue weighted by molar-refractivity contribution is 5.77. The van der Waals surface area contributed by atoms with E-state index in [1.807, 2.05) is 0 Å². The van der Waals surface area contributed by atoms with Crippen LogP contribution < -0.4 is 11.1 Å². The Morgan fingerprint density at radius 3 is 2.58 bits per heavy atom. The highest BCUT2D eigenvalue weighted by atomic mass is 16.5. The SMILES string of the molecule is C=C(CC(=O)OCC)NC(N)=O. The van der Waals surface area contributed by atoms with Crippen molar-refractivity contribution in [3.63, 3.8) is 0 Å². The Labute approximate surface area is 70.6 Å². The van der Waals surface area contributed by atoms with Crippen molar-refractivity contribution < 1.29 is 14.3 Å². The second-order valence-electron chi connectivity index (χ2n) is 2.07. The number of carbonyl (C=O) groups excluding carboxylic acids is 2. The van der Waals surface area contributed by atoms with E-state index in [0.29, 0.717) is 6.61 Å². The van der Waals surface area contributed by atoms with Crippen molar-refractivity contribution in [2.45, 2.75) is 13.3 Å². The third kappa shape index (κ3) is 5.28. The van der Waals surface area contributed by atoms with Gasteiger partial charge in [0.05, 0.1) is 13.0 Å². The highest BCUT2D eigenvalue weighted by Gasteiger charge is 2.05. The molecular weight excluding hydrogens is 160 g/mol. The van der Waals surface area contributed by atoms with Crippen LogP contribution in [0.25, 0.3) is 0 Å². The van der Waals surface area contributed by atoms with Gasteiger partial charge in [0.15, 0.2) is 0 Å². The molecule has 68 valence electrons. The van der Waals surface area contributed by atoms with E-state index in [2.05, 4.69) is 16.6 Å². The van der Waals surface area contributed by atoms with Crippen LogP contribution in [-0.2, 0) is 9.53 Å². The van der Waals surface area contributed by atoms with Crippen molar-refractivity contribution in [3.8, 4) is 0 Å². The van der Waals surface area contributed by atoms with Crippen LogP contribution in [-0.4, -0.2) is 18.6 Å². The summed E-state index contributed by atoms with van der Waals surface area (Å²) in [7, 11) is 0. The minimum absolute atomic E-state index is 0.0449. The maximum atomic E-state index is 10.8. The Bertz CT molecular complexity index is 201. The maximum Gasteiger partial charge on any atom is 0.316 e. The average molecular weight is 172 g/mol. The summed E-state index contributed by atoms with van der Waals surface area (Å²) in [4.78, 5) is 21.0. The smallest absolute Gasteiger partial charge is 0.316 e. The van der Waals surface area contributed by atoms with Gasteiger partial charge in [0.25, 0.3) is 0 Å². The lowest BCUT2D eigenvalue weighted by atomic mass is 10.3. The van der Waals surface area contributed by atoms with Crippen LogP contribution in [0.5, 0.6) is 0 Å². The molecular formula is C7H12N2O3. The summed E-state index contributed by atoms with van der Waals surface area (Å²) in [5.41, 5.74) is 5.02. The zero-order valence-electron chi connectivity index (χ0n) is 6.92. The van der Waals surface area contributed by atoms with E-state index in [9.17, 15) is 9.59 Å². The molecule has 5 heteroatoms. The Balaban J connectivity index is 3.69. The largest absolute Gasteiger partial charge is 0.466 e. The normalized spacial score (nSPS) is 8.75. The number of nitrogens with one attached hydrogen (secondary N) is 1. The summed E-state index contributed by atoms with van der Waals surface area (Å²) in [5, 5.41) is 2.18. The second-order valence-corrected chi connectivity index (χ2v) is 2.07. The van der Waals surface area contributed by atoms with Crippen molar-refractivity contribution in [2.75, 3.05) is 6.61 Å². The number of rotatable bonds is 4. The van der Waals surface area contributed by atoms with E-state index in [4.69, 9.17) is 5.73 Å². The molecule has 0 radical (unpaired) electrons. The number of amides is 2. The van der Waals surface area contributed by atoms with Crippen LogP contribution in [0.1, 0.15) is 13.3 Å². The Morgan fingerprint density at radius 1 is 1.58 bits per heavy atom. The molecule has 0 aromatic carbocycles. The number of urea groups is 1. The summed E-state index contributed by atoms with van der Waals surface area (Å²) < 4.78 is 4.60. The van der Waals surface area contributed by atoms with Gasteiger partial charge in [-0.3, -0.25) is 4.79 Å². The summed E-state index contributed by atoms with van der Waals surface area (Å²) in [5.74, 6) is -0.434. The molecule has 12 heavy (non-hydrogen) atoms. The Morgan fingerprint density at radius 2 is 2.17 bits per heavy atom. The van der Waals surface area contributed by atoms with Gasteiger partial charge in [-0.15, -0.1) is 0 Å². The first kappa shape index (κ1) is 10.5. The fourth-order valence-electron chi connectivity index (χ4n) is 0.605. The zero-order valence-corrected chi connectivity index (χ0v) is 6.92. The standard InChI is InChI=1S/C7H12N2O3/c1-3-12-6(10)4-5(2)9-7(8)11/h2-4H2,1H3,(H3,8,9,11). The van der Waals surface area contributed by atoms with Gasteiger partial charge in [-0.05, 0) is 6.92 Å². The lowest BCUT2D eigenvalue weighted by Crippen LogP contribution is -2.29. The number of carbonyl (C=O) groups is 2. The highest BCUT2D eigenvalue weighted by Crippen LogP contribution is 1.94. The molecule has 0 spiro atoms. The van der Waals surface area contributed by atoms with E-state index in [1.54, 1.807) is 6.92 Å². The fourth-order valence-corrected chi connectivity index (χ4v) is 0.605. The van der Waals surface area contributed by atoms with Gasteiger partial charge >= 0.3 is 12.0 Å². The predicted molar refractivity (Wildman–Crippen MR) is 43.1 cm³/mol. The van der Waals surface area contributed by atoms with Crippen LogP contribution in [0.15, 0.2) is 12.3 Å². The molecule has 0 saturated heterocycles. The summed E-state index contributed by atoms with van der Waals surface area (Å²) in [6.07, 6.45) is -0.0449. The molecule has 0 aromatic rings. The van der Waals surface area contributed by atoms with E-state index in [0.717, 1.165) is 0 Å². The first-order valence-corrected chi connectivity index (χ1v) is 3.46. The summed E-state index contributed by atoms with van der Waals surface area (Å²) >= 11 is 0. The molecule has 0 aliphatic carbocycles. The van der Waals surface area contributed by atoms with E-state index in [-0.39, 0.29) is 12.1 Å². The lowest BCUT2D eigenvalue weighted by molar-refractivity contribution is -0.142. The predicted octanol–water partition coefficient (Wildman–Crippen LogP) is 0.122. The molecule has 0 bridgehead atoms. The third-order valence-electron chi connectivity index (χ3n) is 0.963. The third-order valence-corrected chi connectivity index (χ3v) is 0.963. The van der Waals surface area contributed by atoms with Crippen LogP contribution >= 0.6 is 0 Å². The van der Waals surface area contributed by atoms with Crippen molar-refractivity contribution >= 4 is 12.0 Å². The lowest BCUT2D eigenvalue weighted by Gasteiger charge is -2.04. The first-order chi connectivity index (χ1) is 5.56. The monoisotopic (exact) mass is 172 g/mol. The summed E-state index contributed by atoms with van der Waals surface area (Å²) in [6.45, 7) is 5.41. The molecule has 2 amide bonds. The Hall–Kier alpha value is -1.52. The van der Waals surface area contributed by atoms with E-state index >= 15 is 0 Å². The number of hydrogen-bond donors (Lipinski definition) is 2. The molecule has 0 atom stereocenters. The fraction of sp³-hybridized carbons (Fsp3) is 0.429. The van der Waals surface area contributed by atoms with Crippen LogP contribution in [0.4, 0.5) is 4.79 Å².